The predicted octanol–water partition coefficient (Wildman–Crippen LogP) is 0.252. The van der Waals surface area contributed by atoms with Gasteiger partial charge in [0.2, 0.25) is 0 Å². The van der Waals surface area contributed by atoms with Gasteiger partial charge in [0.1, 0.15) is 11.9 Å². The van der Waals surface area contributed by atoms with Crippen molar-refractivity contribution in [2.75, 3.05) is 20.2 Å². The Morgan fingerprint density at radius 1 is 1.71 bits per heavy atom. The Hall–Kier alpha value is -1.30. The average Bonchev–Trinajstić information content (AvgIpc) is 2.73. The van der Waals surface area contributed by atoms with E-state index in [1.165, 1.54) is 0 Å². The molecule has 3 N–H and O–H groups in total. The normalized spacial score (nSPS) is 26.9. The molecule has 6 nitrogen and oxygen atoms in total. The molecule has 0 saturated carbocycles. The number of carbonyl (C=O) groups is 1. The maximum atomic E-state index is 12.1. The highest BCUT2D eigenvalue weighted by atomic mass is 16.5. The lowest BCUT2D eigenvalue weighted by molar-refractivity contribution is -0.141. The predicted molar refractivity (Wildman–Crippen MR) is 63.7 cm³/mol. The van der Waals surface area contributed by atoms with Crippen LogP contribution in [0.25, 0.3) is 0 Å². The molecule has 0 aromatic rings. The fourth-order valence-corrected chi connectivity index (χ4v) is 1.92. The van der Waals surface area contributed by atoms with Crippen molar-refractivity contribution in [3.63, 3.8) is 0 Å². The van der Waals surface area contributed by atoms with Crippen LogP contribution in [0.5, 0.6) is 0 Å². The standard InChI is InChI=1S/C11H21N3O3/c1-7-4-5-17-9(7)11(15)14(3)6-8(2)10(12)13-16/h7-9,16H,4-6H2,1-3H3,(H2,12,13). The van der Waals surface area contributed by atoms with Gasteiger partial charge in [-0.2, -0.15) is 0 Å². The first-order chi connectivity index (χ1) is 7.97. The fourth-order valence-electron chi connectivity index (χ4n) is 1.92. The number of ether oxygens (including phenoxy) is 1. The lowest BCUT2D eigenvalue weighted by Crippen LogP contribution is -2.42. The van der Waals surface area contributed by atoms with E-state index in [0.29, 0.717) is 13.2 Å². The number of amides is 1. The van der Waals surface area contributed by atoms with Crippen LogP contribution in [0.4, 0.5) is 0 Å². The molecule has 0 bridgehead atoms. The lowest BCUT2D eigenvalue weighted by Gasteiger charge is -2.25. The number of nitrogens with two attached hydrogens (primary N) is 1. The van der Waals surface area contributed by atoms with E-state index in [4.69, 9.17) is 15.7 Å². The Morgan fingerprint density at radius 3 is 2.82 bits per heavy atom. The van der Waals surface area contributed by atoms with Crippen molar-refractivity contribution in [1.29, 1.82) is 0 Å². The molecule has 1 fully saturated rings. The van der Waals surface area contributed by atoms with Crippen LogP contribution in [0.2, 0.25) is 0 Å². The summed E-state index contributed by atoms with van der Waals surface area (Å²) in [4.78, 5) is 13.6. The summed E-state index contributed by atoms with van der Waals surface area (Å²) < 4.78 is 5.41. The molecule has 1 aliphatic rings. The van der Waals surface area contributed by atoms with Gasteiger partial charge in [-0.3, -0.25) is 4.79 Å². The summed E-state index contributed by atoms with van der Waals surface area (Å²) in [5.74, 6) is 0.174. The second kappa shape index (κ2) is 5.86. The SMILES string of the molecule is CC(CN(C)C(=O)C1OCCC1C)C(N)=NO. The number of likely N-dealkylation sites (N-methyl/N-ethyl adjacent to an activating group) is 1. The van der Waals surface area contributed by atoms with Crippen molar-refractivity contribution in [2.45, 2.75) is 26.4 Å². The van der Waals surface area contributed by atoms with Crippen LogP contribution < -0.4 is 5.73 Å². The van der Waals surface area contributed by atoms with Crippen molar-refractivity contribution in [2.24, 2.45) is 22.7 Å². The lowest BCUT2D eigenvalue weighted by atomic mass is 10.0. The van der Waals surface area contributed by atoms with E-state index in [9.17, 15) is 4.79 Å². The van der Waals surface area contributed by atoms with Gasteiger partial charge in [-0.1, -0.05) is 19.0 Å². The molecular formula is C11H21N3O3. The maximum absolute atomic E-state index is 12.1. The molecule has 6 heteroatoms. The van der Waals surface area contributed by atoms with Gasteiger partial charge >= 0.3 is 0 Å². The molecule has 17 heavy (non-hydrogen) atoms. The number of rotatable bonds is 4. The van der Waals surface area contributed by atoms with E-state index in [1.54, 1.807) is 18.9 Å². The molecule has 0 aliphatic carbocycles. The Kier molecular flexibility index (Phi) is 4.74. The first-order valence-corrected chi connectivity index (χ1v) is 5.81. The Balaban J connectivity index is 2.52. The highest BCUT2D eigenvalue weighted by molar-refractivity contribution is 5.84. The zero-order chi connectivity index (χ0) is 13.0. The number of amidine groups is 1. The van der Waals surface area contributed by atoms with Crippen LogP contribution in [-0.4, -0.2) is 48.2 Å². The summed E-state index contributed by atoms with van der Waals surface area (Å²) in [7, 11) is 1.71. The zero-order valence-corrected chi connectivity index (χ0v) is 10.6. The minimum absolute atomic E-state index is 0.0346. The molecule has 1 saturated heterocycles. The minimum atomic E-state index is -0.348. The number of nitrogens with zero attached hydrogens (tertiary/aromatic N) is 2. The third kappa shape index (κ3) is 3.33. The molecule has 1 aliphatic heterocycles. The Bertz CT molecular complexity index is 306. The third-order valence-electron chi connectivity index (χ3n) is 3.18. The summed E-state index contributed by atoms with van der Waals surface area (Å²) in [5, 5.41) is 11.5. The van der Waals surface area contributed by atoms with Gasteiger partial charge in [-0.25, -0.2) is 0 Å². The first-order valence-electron chi connectivity index (χ1n) is 5.81. The van der Waals surface area contributed by atoms with Gasteiger partial charge in [0.15, 0.2) is 0 Å². The molecule has 3 unspecified atom stereocenters. The Morgan fingerprint density at radius 2 is 2.35 bits per heavy atom. The molecule has 0 aromatic carbocycles. The van der Waals surface area contributed by atoms with Crippen LogP contribution in [0.15, 0.2) is 5.16 Å². The minimum Gasteiger partial charge on any atom is -0.409 e. The van der Waals surface area contributed by atoms with Crippen LogP contribution in [-0.2, 0) is 9.53 Å². The van der Waals surface area contributed by atoms with E-state index < -0.39 is 0 Å². The molecule has 1 heterocycles. The molecule has 3 atom stereocenters. The van der Waals surface area contributed by atoms with Gasteiger partial charge in [-0.15, -0.1) is 0 Å². The largest absolute Gasteiger partial charge is 0.409 e. The van der Waals surface area contributed by atoms with E-state index in [0.717, 1.165) is 6.42 Å². The van der Waals surface area contributed by atoms with Crippen molar-refractivity contribution < 1.29 is 14.7 Å². The van der Waals surface area contributed by atoms with Crippen molar-refractivity contribution >= 4 is 11.7 Å². The zero-order valence-electron chi connectivity index (χ0n) is 10.6. The number of oxime groups is 1. The molecule has 0 radical (unpaired) electrons. The molecule has 1 rings (SSSR count). The third-order valence-corrected chi connectivity index (χ3v) is 3.18. The van der Waals surface area contributed by atoms with Crippen molar-refractivity contribution in [3.8, 4) is 0 Å². The summed E-state index contributed by atoms with van der Waals surface area (Å²) in [6.45, 7) is 4.87. The molecule has 0 spiro atoms. The Labute approximate surface area is 101 Å². The van der Waals surface area contributed by atoms with Gasteiger partial charge in [0, 0.05) is 26.1 Å². The summed E-state index contributed by atoms with van der Waals surface area (Å²) >= 11 is 0. The van der Waals surface area contributed by atoms with Crippen molar-refractivity contribution in [3.05, 3.63) is 0 Å². The van der Waals surface area contributed by atoms with E-state index in [-0.39, 0.29) is 29.7 Å². The van der Waals surface area contributed by atoms with E-state index in [1.807, 2.05) is 6.92 Å². The van der Waals surface area contributed by atoms with Crippen molar-refractivity contribution in [1.82, 2.24) is 4.90 Å². The van der Waals surface area contributed by atoms with Gasteiger partial charge < -0.3 is 20.6 Å². The number of hydrogen-bond acceptors (Lipinski definition) is 4. The first kappa shape index (κ1) is 13.8. The van der Waals surface area contributed by atoms with Gasteiger partial charge in [0.25, 0.3) is 5.91 Å². The molecule has 98 valence electrons. The second-order valence-electron chi connectivity index (χ2n) is 4.70. The van der Waals surface area contributed by atoms with Crippen LogP contribution >= 0.6 is 0 Å². The summed E-state index contributed by atoms with van der Waals surface area (Å²) in [5.41, 5.74) is 5.48. The van der Waals surface area contributed by atoms with Gasteiger partial charge in [-0.05, 0) is 12.3 Å². The van der Waals surface area contributed by atoms with Crippen LogP contribution in [0.3, 0.4) is 0 Å². The number of carbonyl (C=O) groups excluding carboxylic acids is 1. The topological polar surface area (TPSA) is 88.2 Å². The second-order valence-corrected chi connectivity index (χ2v) is 4.70. The summed E-state index contributed by atoms with van der Waals surface area (Å²) in [6, 6.07) is 0. The number of hydrogen-bond donors (Lipinski definition) is 2. The smallest absolute Gasteiger partial charge is 0.251 e. The highest BCUT2D eigenvalue weighted by Crippen LogP contribution is 2.21. The molecule has 1 amide bonds. The monoisotopic (exact) mass is 243 g/mol. The quantitative estimate of drug-likeness (QED) is 0.321. The highest BCUT2D eigenvalue weighted by Gasteiger charge is 2.33. The van der Waals surface area contributed by atoms with Crippen LogP contribution in [0.1, 0.15) is 20.3 Å². The van der Waals surface area contributed by atoms with E-state index >= 15 is 0 Å². The maximum Gasteiger partial charge on any atom is 0.251 e. The average molecular weight is 243 g/mol. The fraction of sp³-hybridized carbons (Fsp3) is 0.818. The van der Waals surface area contributed by atoms with Crippen LogP contribution in [0, 0.1) is 11.8 Å². The van der Waals surface area contributed by atoms with E-state index in [2.05, 4.69) is 5.16 Å². The van der Waals surface area contributed by atoms with Gasteiger partial charge in [0.05, 0.1) is 0 Å². The molecular weight excluding hydrogens is 222 g/mol. The molecule has 0 aromatic heterocycles. The summed E-state index contributed by atoms with van der Waals surface area (Å²) in [6.07, 6.45) is 0.569.